The van der Waals surface area contributed by atoms with Crippen LogP contribution in [-0.4, -0.2) is 26.4 Å². The summed E-state index contributed by atoms with van der Waals surface area (Å²) in [5.74, 6) is 1.77. The third-order valence-corrected chi connectivity index (χ3v) is 3.83. The molecule has 0 aliphatic rings. The van der Waals surface area contributed by atoms with Gasteiger partial charge < -0.3 is 24.8 Å². The van der Waals surface area contributed by atoms with E-state index in [1.54, 1.807) is 33.5 Å². The number of hydrogen-bond acceptors (Lipinski definition) is 4. The van der Waals surface area contributed by atoms with Crippen molar-refractivity contribution in [3.63, 3.8) is 0 Å². The molecule has 24 heavy (non-hydrogen) atoms. The standard InChI is InChI=1S/C17H19ClN2O3S/c1-21-14-9-4-11(15(22-2)16(14)23-3)10-19-17(24)20-13-7-5-12(18)6-8-13/h4-9H,10H2,1-3H3,(H2,19,20,24). The Balaban J connectivity index is 2.05. The van der Waals surface area contributed by atoms with E-state index in [1.165, 1.54) is 0 Å². The van der Waals surface area contributed by atoms with E-state index < -0.39 is 0 Å². The topological polar surface area (TPSA) is 51.8 Å². The molecule has 2 rings (SSSR count). The van der Waals surface area contributed by atoms with E-state index >= 15 is 0 Å². The molecule has 0 bridgehead atoms. The van der Waals surface area contributed by atoms with Gasteiger partial charge in [0, 0.05) is 22.8 Å². The molecule has 0 aliphatic carbocycles. The number of halogens is 1. The van der Waals surface area contributed by atoms with Crippen molar-refractivity contribution in [2.45, 2.75) is 6.54 Å². The zero-order valence-corrected chi connectivity index (χ0v) is 15.3. The summed E-state index contributed by atoms with van der Waals surface area (Å²) in [5, 5.41) is 7.40. The van der Waals surface area contributed by atoms with Crippen LogP contribution in [0.1, 0.15) is 5.56 Å². The Morgan fingerprint density at radius 3 is 2.21 bits per heavy atom. The van der Waals surface area contributed by atoms with Gasteiger partial charge in [-0.2, -0.15) is 0 Å². The van der Waals surface area contributed by atoms with Gasteiger partial charge in [0.2, 0.25) is 5.75 Å². The molecular formula is C17H19ClN2O3S. The van der Waals surface area contributed by atoms with Gasteiger partial charge in [0.05, 0.1) is 21.3 Å². The summed E-state index contributed by atoms with van der Waals surface area (Å²) in [6.07, 6.45) is 0. The van der Waals surface area contributed by atoms with E-state index in [4.69, 9.17) is 38.0 Å². The maximum Gasteiger partial charge on any atom is 0.203 e. The lowest BCUT2D eigenvalue weighted by Gasteiger charge is -2.17. The van der Waals surface area contributed by atoms with Crippen LogP contribution < -0.4 is 24.8 Å². The first-order valence-corrected chi connectivity index (χ1v) is 7.96. The highest BCUT2D eigenvalue weighted by molar-refractivity contribution is 7.80. The highest BCUT2D eigenvalue weighted by atomic mass is 35.5. The lowest BCUT2D eigenvalue weighted by molar-refractivity contribution is 0.322. The van der Waals surface area contributed by atoms with E-state index in [2.05, 4.69) is 10.6 Å². The Bertz CT molecular complexity index is 708. The third-order valence-electron chi connectivity index (χ3n) is 3.33. The summed E-state index contributed by atoms with van der Waals surface area (Å²) in [5.41, 5.74) is 1.76. The number of ether oxygens (including phenoxy) is 3. The second-order valence-corrected chi connectivity index (χ2v) is 5.65. The molecule has 0 heterocycles. The van der Waals surface area contributed by atoms with Gasteiger partial charge in [0.1, 0.15) is 0 Å². The number of anilines is 1. The Morgan fingerprint density at radius 1 is 0.958 bits per heavy atom. The van der Waals surface area contributed by atoms with E-state index in [9.17, 15) is 0 Å². The summed E-state index contributed by atoms with van der Waals surface area (Å²) in [6, 6.07) is 11.0. The first-order valence-electron chi connectivity index (χ1n) is 7.17. The Kier molecular flexibility index (Phi) is 6.52. The second kappa shape index (κ2) is 8.61. The van der Waals surface area contributed by atoms with Crippen LogP contribution in [0.3, 0.4) is 0 Å². The Hall–Kier alpha value is -2.18. The summed E-state index contributed by atoms with van der Waals surface area (Å²) >= 11 is 11.2. The summed E-state index contributed by atoms with van der Waals surface area (Å²) in [6.45, 7) is 0.475. The van der Waals surface area contributed by atoms with Crippen LogP contribution in [-0.2, 0) is 6.54 Å². The van der Waals surface area contributed by atoms with Gasteiger partial charge in [0.25, 0.3) is 0 Å². The predicted molar refractivity (Wildman–Crippen MR) is 101 cm³/mol. The van der Waals surface area contributed by atoms with Crippen molar-refractivity contribution in [2.24, 2.45) is 0 Å². The average molecular weight is 367 g/mol. The van der Waals surface area contributed by atoms with Crippen molar-refractivity contribution in [3.05, 3.63) is 47.0 Å². The van der Waals surface area contributed by atoms with Crippen LogP contribution in [0, 0.1) is 0 Å². The lowest BCUT2D eigenvalue weighted by Crippen LogP contribution is -2.28. The highest BCUT2D eigenvalue weighted by Gasteiger charge is 2.15. The molecule has 0 atom stereocenters. The molecule has 5 nitrogen and oxygen atoms in total. The summed E-state index contributed by atoms with van der Waals surface area (Å²) in [7, 11) is 4.75. The minimum Gasteiger partial charge on any atom is -0.493 e. The summed E-state index contributed by atoms with van der Waals surface area (Å²) < 4.78 is 16.1. The number of methoxy groups -OCH3 is 3. The molecule has 0 spiro atoms. The maximum absolute atomic E-state index is 5.86. The van der Waals surface area contributed by atoms with Gasteiger partial charge in [-0.15, -0.1) is 0 Å². The Labute approximate surface area is 151 Å². The minimum absolute atomic E-state index is 0.475. The fourth-order valence-electron chi connectivity index (χ4n) is 2.19. The van der Waals surface area contributed by atoms with Gasteiger partial charge in [0.15, 0.2) is 16.6 Å². The molecule has 0 fully saturated rings. The van der Waals surface area contributed by atoms with E-state index in [0.29, 0.717) is 33.9 Å². The smallest absolute Gasteiger partial charge is 0.203 e. The average Bonchev–Trinajstić information content (AvgIpc) is 2.60. The molecule has 128 valence electrons. The SMILES string of the molecule is COc1ccc(CNC(=S)Nc2ccc(Cl)cc2)c(OC)c1OC. The molecular weight excluding hydrogens is 348 g/mol. The van der Waals surface area contributed by atoms with E-state index in [-0.39, 0.29) is 0 Å². The van der Waals surface area contributed by atoms with Crippen LogP contribution in [0.2, 0.25) is 5.02 Å². The van der Waals surface area contributed by atoms with Crippen molar-refractivity contribution < 1.29 is 14.2 Å². The Morgan fingerprint density at radius 2 is 1.62 bits per heavy atom. The van der Waals surface area contributed by atoms with Gasteiger partial charge in [-0.05, 0) is 48.6 Å². The quantitative estimate of drug-likeness (QED) is 0.757. The summed E-state index contributed by atoms with van der Waals surface area (Å²) in [4.78, 5) is 0. The molecule has 2 aromatic rings. The number of rotatable bonds is 6. The van der Waals surface area contributed by atoms with Crippen LogP contribution in [0.4, 0.5) is 5.69 Å². The molecule has 0 aromatic heterocycles. The first-order chi connectivity index (χ1) is 11.6. The fraction of sp³-hybridized carbons (Fsp3) is 0.235. The van der Waals surface area contributed by atoms with Gasteiger partial charge in [-0.1, -0.05) is 11.6 Å². The molecule has 0 saturated carbocycles. The van der Waals surface area contributed by atoms with Crippen LogP contribution in [0.15, 0.2) is 36.4 Å². The molecule has 0 aliphatic heterocycles. The molecule has 0 unspecified atom stereocenters. The minimum atomic E-state index is 0.475. The van der Waals surface area contributed by atoms with E-state index in [0.717, 1.165) is 11.3 Å². The van der Waals surface area contributed by atoms with Crippen LogP contribution >= 0.6 is 23.8 Å². The van der Waals surface area contributed by atoms with Gasteiger partial charge in [-0.25, -0.2) is 0 Å². The van der Waals surface area contributed by atoms with Gasteiger partial charge in [-0.3, -0.25) is 0 Å². The molecule has 0 radical (unpaired) electrons. The maximum atomic E-state index is 5.86. The zero-order valence-electron chi connectivity index (χ0n) is 13.7. The second-order valence-electron chi connectivity index (χ2n) is 4.81. The van der Waals surface area contributed by atoms with E-state index in [1.807, 2.05) is 24.3 Å². The largest absolute Gasteiger partial charge is 0.493 e. The normalized spacial score (nSPS) is 10.0. The van der Waals surface area contributed by atoms with Crippen molar-refractivity contribution in [2.75, 3.05) is 26.6 Å². The zero-order chi connectivity index (χ0) is 17.5. The van der Waals surface area contributed by atoms with Crippen molar-refractivity contribution in [1.82, 2.24) is 5.32 Å². The first kappa shape index (κ1) is 18.2. The molecule has 2 N–H and O–H groups in total. The third kappa shape index (κ3) is 4.43. The number of thiocarbonyl (C=S) groups is 1. The number of nitrogens with one attached hydrogen (secondary N) is 2. The molecule has 2 aromatic carbocycles. The van der Waals surface area contributed by atoms with Crippen molar-refractivity contribution in [1.29, 1.82) is 0 Å². The highest BCUT2D eigenvalue weighted by Crippen LogP contribution is 2.39. The van der Waals surface area contributed by atoms with Crippen LogP contribution in [0.5, 0.6) is 17.2 Å². The molecule has 7 heteroatoms. The molecule has 0 saturated heterocycles. The van der Waals surface area contributed by atoms with Crippen LogP contribution in [0.25, 0.3) is 0 Å². The number of hydrogen-bond donors (Lipinski definition) is 2. The molecule has 0 amide bonds. The fourth-order valence-corrected chi connectivity index (χ4v) is 2.50. The number of benzene rings is 2. The predicted octanol–water partition coefficient (Wildman–Crippen LogP) is 3.85. The monoisotopic (exact) mass is 366 g/mol. The lowest BCUT2D eigenvalue weighted by atomic mass is 10.1. The van der Waals surface area contributed by atoms with Crippen molar-refractivity contribution in [3.8, 4) is 17.2 Å². The van der Waals surface area contributed by atoms with Gasteiger partial charge >= 0.3 is 0 Å². The van der Waals surface area contributed by atoms with Crippen molar-refractivity contribution >= 4 is 34.6 Å².